The van der Waals surface area contributed by atoms with Crippen LogP contribution in [0.3, 0.4) is 0 Å². The average molecular weight is 594 g/mol. The Hall–Kier alpha value is -5.47. The van der Waals surface area contributed by atoms with E-state index in [0.29, 0.717) is 17.4 Å². The normalized spacial score (nSPS) is 13.8. The molecule has 1 fully saturated rings. The Kier molecular flexibility index (Phi) is 7.49. The van der Waals surface area contributed by atoms with E-state index < -0.39 is 0 Å². The minimum Gasteiger partial charge on any atom is -0.508 e. The maximum absolute atomic E-state index is 10.3. The number of hydrogen-bond donors (Lipinski definition) is 2. The van der Waals surface area contributed by atoms with Crippen LogP contribution in [0.15, 0.2) is 104 Å². The maximum Gasteiger partial charge on any atom is 0.165 e. The predicted molar refractivity (Wildman–Crippen MR) is 182 cm³/mol. The molecule has 224 valence electrons. The number of aryl methyl sites for hydroxylation is 1. The van der Waals surface area contributed by atoms with Gasteiger partial charge in [-0.25, -0.2) is 15.0 Å². The number of aromatic hydroxyl groups is 1. The van der Waals surface area contributed by atoms with E-state index in [2.05, 4.69) is 62.3 Å². The fraction of sp³-hybridized carbons (Fsp3) is 0.162. The van der Waals surface area contributed by atoms with Gasteiger partial charge < -0.3 is 15.7 Å². The van der Waals surface area contributed by atoms with E-state index in [9.17, 15) is 5.11 Å². The summed E-state index contributed by atoms with van der Waals surface area (Å²) in [5.41, 5.74) is 15.7. The van der Waals surface area contributed by atoms with Crippen LogP contribution in [0.2, 0.25) is 0 Å². The predicted octanol–water partition coefficient (Wildman–Crippen LogP) is 6.71. The second kappa shape index (κ2) is 11.9. The highest BCUT2D eigenvalue weighted by Crippen LogP contribution is 2.33. The maximum atomic E-state index is 10.3. The SMILES string of the molecule is C=Cc1cc(C)c(O)cc1N1CCN(Cc2ccc(-n3c(-c4cccnc4N)nc4ccc(-c5ccccc5)nc43)cc2)CC1. The van der Waals surface area contributed by atoms with Gasteiger partial charge in [-0.15, -0.1) is 0 Å². The van der Waals surface area contributed by atoms with Gasteiger partial charge in [-0.1, -0.05) is 55.1 Å². The van der Waals surface area contributed by atoms with Gasteiger partial charge in [0.05, 0.1) is 11.3 Å². The van der Waals surface area contributed by atoms with Crippen molar-refractivity contribution in [2.75, 3.05) is 36.8 Å². The van der Waals surface area contributed by atoms with Crippen LogP contribution in [0.4, 0.5) is 11.5 Å². The molecule has 3 aromatic carbocycles. The van der Waals surface area contributed by atoms with E-state index in [0.717, 1.165) is 83.2 Å². The summed E-state index contributed by atoms with van der Waals surface area (Å²) in [7, 11) is 0. The van der Waals surface area contributed by atoms with Gasteiger partial charge in [0, 0.05) is 61.9 Å². The number of aromatic nitrogens is 4. The van der Waals surface area contributed by atoms with Crippen LogP contribution < -0.4 is 10.6 Å². The molecule has 0 atom stereocenters. The minimum absolute atomic E-state index is 0.324. The topological polar surface area (TPSA) is 96.3 Å². The smallest absolute Gasteiger partial charge is 0.165 e. The van der Waals surface area contributed by atoms with Crippen LogP contribution in [-0.4, -0.2) is 55.7 Å². The Labute approximate surface area is 262 Å². The quantitative estimate of drug-likeness (QED) is 0.212. The van der Waals surface area contributed by atoms with E-state index in [1.54, 1.807) is 6.20 Å². The van der Waals surface area contributed by atoms with Crippen LogP contribution in [0, 0.1) is 6.92 Å². The number of pyridine rings is 2. The van der Waals surface area contributed by atoms with Crippen molar-refractivity contribution in [3.8, 4) is 34.1 Å². The van der Waals surface area contributed by atoms with Crippen molar-refractivity contribution in [2.24, 2.45) is 0 Å². The van der Waals surface area contributed by atoms with E-state index in [1.807, 2.05) is 67.6 Å². The number of phenols is 1. The van der Waals surface area contributed by atoms with Crippen LogP contribution in [0.25, 0.3) is 45.6 Å². The first-order chi connectivity index (χ1) is 22.0. The zero-order valence-electron chi connectivity index (χ0n) is 25.3. The first-order valence-electron chi connectivity index (χ1n) is 15.2. The number of benzene rings is 3. The number of fused-ring (bicyclic) bond motifs is 1. The van der Waals surface area contributed by atoms with Crippen molar-refractivity contribution in [2.45, 2.75) is 13.5 Å². The molecule has 1 aliphatic rings. The van der Waals surface area contributed by atoms with Gasteiger partial charge in [-0.05, 0) is 66.1 Å². The molecule has 0 bridgehead atoms. The molecule has 7 rings (SSSR count). The number of piperazine rings is 1. The van der Waals surface area contributed by atoms with Crippen LogP contribution in [0.1, 0.15) is 16.7 Å². The third-order valence-electron chi connectivity index (χ3n) is 8.53. The second-order valence-corrected chi connectivity index (χ2v) is 11.4. The molecule has 8 heteroatoms. The van der Waals surface area contributed by atoms with Crippen molar-refractivity contribution in [1.29, 1.82) is 0 Å². The number of nitrogens with two attached hydrogens (primary N) is 1. The molecule has 0 aliphatic carbocycles. The number of rotatable bonds is 7. The standard InChI is InChI=1S/C37H35N7O/c1-3-27-22-25(2)34(45)23-33(27)43-20-18-42(19-21-43)24-26-11-13-29(14-12-26)44-36(30-10-7-17-39-35(30)38)41-32-16-15-31(40-37(32)44)28-8-5-4-6-9-28/h3-17,22-23,45H,1,18-21,24H2,2H3,(H2,38,39). The molecule has 45 heavy (non-hydrogen) atoms. The third kappa shape index (κ3) is 5.52. The van der Waals surface area contributed by atoms with Gasteiger partial charge in [-0.2, -0.15) is 0 Å². The largest absolute Gasteiger partial charge is 0.508 e. The summed E-state index contributed by atoms with van der Waals surface area (Å²) < 4.78 is 2.08. The van der Waals surface area contributed by atoms with Crippen LogP contribution in [0.5, 0.6) is 5.75 Å². The molecule has 4 heterocycles. The summed E-state index contributed by atoms with van der Waals surface area (Å²) in [6.45, 7) is 10.4. The minimum atomic E-state index is 0.324. The Morgan fingerprint density at radius 3 is 2.40 bits per heavy atom. The molecule has 1 saturated heterocycles. The lowest BCUT2D eigenvalue weighted by Crippen LogP contribution is -2.46. The summed E-state index contributed by atoms with van der Waals surface area (Å²) in [6.07, 6.45) is 3.56. The number of anilines is 2. The Bertz CT molecular complexity index is 1990. The second-order valence-electron chi connectivity index (χ2n) is 11.4. The van der Waals surface area contributed by atoms with Gasteiger partial charge in [0.1, 0.15) is 17.1 Å². The van der Waals surface area contributed by atoms with E-state index in [4.69, 9.17) is 15.7 Å². The third-order valence-corrected chi connectivity index (χ3v) is 8.53. The zero-order valence-corrected chi connectivity index (χ0v) is 25.3. The first-order valence-corrected chi connectivity index (χ1v) is 15.2. The molecule has 3 aromatic heterocycles. The highest BCUT2D eigenvalue weighted by Gasteiger charge is 2.21. The van der Waals surface area contributed by atoms with Crippen molar-refractivity contribution < 1.29 is 5.11 Å². The molecule has 0 amide bonds. The molecule has 0 radical (unpaired) electrons. The number of imidazole rings is 1. The Balaban J connectivity index is 1.16. The molecule has 6 aromatic rings. The summed E-state index contributed by atoms with van der Waals surface area (Å²) in [4.78, 5) is 19.2. The number of nitrogen functional groups attached to an aromatic ring is 1. The van der Waals surface area contributed by atoms with Crippen molar-refractivity contribution in [3.05, 3.63) is 120 Å². The van der Waals surface area contributed by atoms with Gasteiger partial charge >= 0.3 is 0 Å². The van der Waals surface area contributed by atoms with E-state index >= 15 is 0 Å². The molecule has 0 spiro atoms. The molecular weight excluding hydrogens is 558 g/mol. The van der Waals surface area contributed by atoms with Crippen molar-refractivity contribution in [1.82, 2.24) is 24.4 Å². The van der Waals surface area contributed by atoms with E-state index in [1.165, 1.54) is 5.56 Å². The summed E-state index contributed by atoms with van der Waals surface area (Å²) >= 11 is 0. The van der Waals surface area contributed by atoms with Crippen LogP contribution >= 0.6 is 0 Å². The molecular formula is C37H35N7O. The number of hydrogen-bond acceptors (Lipinski definition) is 7. The molecule has 0 saturated carbocycles. The lowest BCUT2D eigenvalue weighted by atomic mass is 10.1. The molecule has 3 N–H and O–H groups in total. The van der Waals surface area contributed by atoms with Crippen LogP contribution in [-0.2, 0) is 6.54 Å². The number of phenolic OH excluding ortho intramolecular Hbond substituents is 1. The first kappa shape index (κ1) is 28.3. The van der Waals surface area contributed by atoms with Gasteiger partial charge in [0.25, 0.3) is 0 Å². The van der Waals surface area contributed by atoms with Gasteiger partial charge in [-0.3, -0.25) is 9.47 Å². The van der Waals surface area contributed by atoms with E-state index in [-0.39, 0.29) is 0 Å². The highest BCUT2D eigenvalue weighted by atomic mass is 16.3. The average Bonchev–Trinajstić information content (AvgIpc) is 3.46. The fourth-order valence-electron chi connectivity index (χ4n) is 6.06. The molecule has 1 aliphatic heterocycles. The lowest BCUT2D eigenvalue weighted by Gasteiger charge is -2.37. The lowest BCUT2D eigenvalue weighted by molar-refractivity contribution is 0.250. The molecule has 0 unspecified atom stereocenters. The van der Waals surface area contributed by atoms with Gasteiger partial charge in [0.15, 0.2) is 11.5 Å². The Morgan fingerprint density at radius 2 is 1.67 bits per heavy atom. The van der Waals surface area contributed by atoms with Crippen molar-refractivity contribution in [3.63, 3.8) is 0 Å². The monoisotopic (exact) mass is 593 g/mol. The fourth-order valence-corrected chi connectivity index (χ4v) is 6.06. The number of nitrogens with zero attached hydrogens (tertiary/aromatic N) is 6. The summed E-state index contributed by atoms with van der Waals surface area (Å²) in [6, 6.07) is 30.5. The molecule has 8 nitrogen and oxygen atoms in total. The summed E-state index contributed by atoms with van der Waals surface area (Å²) in [5, 5.41) is 10.3. The van der Waals surface area contributed by atoms with Crippen molar-refractivity contribution >= 4 is 28.7 Å². The Morgan fingerprint density at radius 1 is 0.889 bits per heavy atom. The highest BCUT2D eigenvalue weighted by molar-refractivity contribution is 5.84. The van der Waals surface area contributed by atoms with Gasteiger partial charge in [0.2, 0.25) is 0 Å². The zero-order chi connectivity index (χ0) is 30.9. The summed E-state index contributed by atoms with van der Waals surface area (Å²) in [5.74, 6) is 1.46.